The third-order valence-electron chi connectivity index (χ3n) is 2.99. The minimum absolute atomic E-state index is 0.625. The van der Waals surface area contributed by atoms with Crippen molar-refractivity contribution >= 4 is 0 Å². The summed E-state index contributed by atoms with van der Waals surface area (Å²) in [6.07, 6.45) is 3.52. The molecular weight excluding hydrogens is 226 g/mol. The topological polar surface area (TPSA) is 55.6 Å². The lowest BCUT2D eigenvalue weighted by Crippen LogP contribution is -2.13. The summed E-state index contributed by atoms with van der Waals surface area (Å²) in [5.41, 5.74) is 3.53. The second-order valence-electron chi connectivity index (χ2n) is 4.25. The molecule has 0 bridgehead atoms. The number of nitrogens with zero attached hydrogens (tertiary/aromatic N) is 4. The lowest BCUT2D eigenvalue weighted by molar-refractivity contribution is 0.629. The van der Waals surface area contributed by atoms with E-state index < -0.39 is 0 Å². The van der Waals surface area contributed by atoms with Gasteiger partial charge in [0.2, 0.25) is 0 Å². The van der Waals surface area contributed by atoms with E-state index in [0.29, 0.717) is 6.54 Å². The van der Waals surface area contributed by atoms with Gasteiger partial charge in [0, 0.05) is 30.2 Å². The maximum absolute atomic E-state index is 4.56. The summed E-state index contributed by atoms with van der Waals surface area (Å²) >= 11 is 0. The maximum atomic E-state index is 4.56. The van der Waals surface area contributed by atoms with Gasteiger partial charge < -0.3 is 5.32 Å². The van der Waals surface area contributed by atoms with Crippen LogP contribution in [0.5, 0.6) is 0 Å². The van der Waals surface area contributed by atoms with Gasteiger partial charge in [-0.1, -0.05) is 6.92 Å². The molecule has 0 fully saturated rings. The Hall–Kier alpha value is -1.75. The molecule has 2 heterocycles. The van der Waals surface area contributed by atoms with Crippen molar-refractivity contribution in [3.63, 3.8) is 0 Å². The van der Waals surface area contributed by atoms with Gasteiger partial charge in [-0.25, -0.2) is 9.97 Å². The molecule has 0 aliphatic rings. The number of aryl methyl sites for hydroxylation is 1. The van der Waals surface area contributed by atoms with Crippen molar-refractivity contribution in [1.82, 2.24) is 25.1 Å². The lowest BCUT2D eigenvalue weighted by atomic mass is 10.2. The van der Waals surface area contributed by atoms with Crippen LogP contribution in [0.2, 0.25) is 0 Å². The highest BCUT2D eigenvalue weighted by molar-refractivity contribution is 5.24. The fourth-order valence-electron chi connectivity index (χ4n) is 1.94. The lowest BCUT2D eigenvalue weighted by Gasteiger charge is -2.05. The van der Waals surface area contributed by atoms with Gasteiger partial charge in [0.15, 0.2) is 0 Å². The van der Waals surface area contributed by atoms with Crippen molar-refractivity contribution in [2.45, 2.75) is 33.9 Å². The first kappa shape index (κ1) is 12.7. The highest BCUT2D eigenvalue weighted by Gasteiger charge is 2.11. The predicted molar refractivity (Wildman–Crippen MR) is 70.2 cm³/mol. The molecule has 1 N–H and O–H groups in total. The first-order chi connectivity index (χ1) is 8.72. The summed E-state index contributed by atoms with van der Waals surface area (Å²) in [5.74, 6) is 0.790. The van der Waals surface area contributed by atoms with Gasteiger partial charge in [0.25, 0.3) is 0 Å². The largest absolute Gasteiger partial charge is 0.313 e. The summed E-state index contributed by atoms with van der Waals surface area (Å²) in [4.78, 5) is 8.46. The number of aromatic nitrogens is 4. The first-order valence-corrected chi connectivity index (χ1v) is 6.22. The molecule has 0 saturated heterocycles. The summed E-state index contributed by atoms with van der Waals surface area (Å²) in [6.45, 7) is 8.69. The summed E-state index contributed by atoms with van der Waals surface area (Å²) < 4.78 is 1.97. The van der Waals surface area contributed by atoms with Crippen molar-refractivity contribution in [3.05, 3.63) is 41.2 Å². The average Bonchev–Trinajstić information content (AvgIpc) is 2.64. The van der Waals surface area contributed by atoms with Crippen LogP contribution in [-0.4, -0.2) is 26.3 Å². The smallest absolute Gasteiger partial charge is 0.149 e. The van der Waals surface area contributed by atoms with Crippen LogP contribution in [0.25, 0.3) is 0 Å². The zero-order valence-corrected chi connectivity index (χ0v) is 11.1. The SMILES string of the molecule is CCNCc1c(C)nn(Cc2ncccn2)c1C. The molecule has 0 saturated carbocycles. The van der Waals surface area contributed by atoms with Crippen LogP contribution in [0.15, 0.2) is 18.5 Å². The van der Waals surface area contributed by atoms with Gasteiger partial charge in [-0.2, -0.15) is 5.10 Å². The van der Waals surface area contributed by atoms with Crippen LogP contribution in [0.4, 0.5) is 0 Å². The molecule has 0 spiro atoms. The Balaban J connectivity index is 2.19. The van der Waals surface area contributed by atoms with Gasteiger partial charge in [0.05, 0.1) is 5.69 Å². The van der Waals surface area contributed by atoms with Crippen molar-refractivity contribution in [3.8, 4) is 0 Å². The minimum Gasteiger partial charge on any atom is -0.313 e. The molecule has 0 radical (unpaired) electrons. The molecule has 2 rings (SSSR count). The molecule has 2 aromatic rings. The van der Waals surface area contributed by atoms with E-state index in [2.05, 4.69) is 34.2 Å². The summed E-state index contributed by atoms with van der Waals surface area (Å²) in [5, 5.41) is 7.89. The number of hydrogen-bond donors (Lipinski definition) is 1. The fourth-order valence-corrected chi connectivity index (χ4v) is 1.94. The van der Waals surface area contributed by atoms with Crippen molar-refractivity contribution in [2.24, 2.45) is 0 Å². The summed E-state index contributed by atoms with van der Waals surface area (Å²) in [6, 6.07) is 1.82. The van der Waals surface area contributed by atoms with Crippen LogP contribution >= 0.6 is 0 Å². The standard InChI is InChI=1S/C13H19N5/c1-4-14-8-12-10(2)17-18(11(12)3)9-13-15-6-5-7-16-13/h5-7,14H,4,8-9H2,1-3H3. The van der Waals surface area contributed by atoms with Gasteiger partial charge >= 0.3 is 0 Å². The van der Waals surface area contributed by atoms with Gasteiger partial charge in [0.1, 0.15) is 12.4 Å². The quantitative estimate of drug-likeness (QED) is 0.866. The van der Waals surface area contributed by atoms with Crippen LogP contribution in [0, 0.1) is 13.8 Å². The molecule has 5 heteroatoms. The van der Waals surface area contributed by atoms with E-state index in [4.69, 9.17) is 0 Å². The summed E-state index contributed by atoms with van der Waals surface area (Å²) in [7, 11) is 0. The minimum atomic E-state index is 0.625. The second kappa shape index (κ2) is 5.73. The van der Waals surface area contributed by atoms with E-state index in [1.54, 1.807) is 12.4 Å². The molecular formula is C13H19N5. The molecule has 0 aliphatic carbocycles. The molecule has 18 heavy (non-hydrogen) atoms. The third kappa shape index (κ3) is 2.73. The van der Waals surface area contributed by atoms with E-state index in [1.165, 1.54) is 11.3 Å². The van der Waals surface area contributed by atoms with Crippen LogP contribution in [0.1, 0.15) is 29.7 Å². The van der Waals surface area contributed by atoms with E-state index in [9.17, 15) is 0 Å². The van der Waals surface area contributed by atoms with Gasteiger partial charge in [-0.05, 0) is 26.5 Å². The Morgan fingerprint density at radius 1 is 1.22 bits per heavy atom. The predicted octanol–water partition coefficient (Wildman–Crippen LogP) is 1.45. The number of nitrogens with one attached hydrogen (secondary N) is 1. The van der Waals surface area contributed by atoms with Crippen LogP contribution in [-0.2, 0) is 13.1 Å². The van der Waals surface area contributed by atoms with Gasteiger partial charge in [-0.15, -0.1) is 0 Å². The number of hydrogen-bond acceptors (Lipinski definition) is 4. The molecule has 5 nitrogen and oxygen atoms in total. The molecule has 0 unspecified atom stereocenters. The Morgan fingerprint density at radius 3 is 2.61 bits per heavy atom. The normalized spacial score (nSPS) is 10.8. The molecule has 96 valence electrons. The van der Waals surface area contributed by atoms with Crippen molar-refractivity contribution in [1.29, 1.82) is 0 Å². The molecule has 0 aliphatic heterocycles. The zero-order valence-electron chi connectivity index (χ0n) is 11.1. The highest BCUT2D eigenvalue weighted by Crippen LogP contribution is 2.13. The van der Waals surface area contributed by atoms with E-state index in [0.717, 1.165) is 24.6 Å². The molecule has 2 aromatic heterocycles. The van der Waals surface area contributed by atoms with Gasteiger partial charge in [-0.3, -0.25) is 4.68 Å². The first-order valence-electron chi connectivity index (χ1n) is 6.22. The monoisotopic (exact) mass is 245 g/mol. The molecule has 0 aromatic carbocycles. The molecule has 0 atom stereocenters. The molecule has 0 amide bonds. The third-order valence-corrected chi connectivity index (χ3v) is 2.99. The van der Waals surface area contributed by atoms with Crippen LogP contribution < -0.4 is 5.32 Å². The fraction of sp³-hybridized carbons (Fsp3) is 0.462. The van der Waals surface area contributed by atoms with Crippen LogP contribution in [0.3, 0.4) is 0 Å². The number of rotatable bonds is 5. The zero-order chi connectivity index (χ0) is 13.0. The maximum Gasteiger partial charge on any atom is 0.149 e. The second-order valence-corrected chi connectivity index (χ2v) is 4.25. The van der Waals surface area contributed by atoms with E-state index >= 15 is 0 Å². The Morgan fingerprint density at radius 2 is 1.94 bits per heavy atom. The van der Waals surface area contributed by atoms with E-state index in [1.807, 2.05) is 17.7 Å². The Bertz CT molecular complexity index is 504. The highest BCUT2D eigenvalue weighted by atomic mass is 15.3. The van der Waals surface area contributed by atoms with Crippen molar-refractivity contribution in [2.75, 3.05) is 6.54 Å². The Labute approximate surface area is 107 Å². The average molecular weight is 245 g/mol. The van der Waals surface area contributed by atoms with Crippen molar-refractivity contribution < 1.29 is 0 Å². The van der Waals surface area contributed by atoms with E-state index in [-0.39, 0.29) is 0 Å². The Kier molecular flexibility index (Phi) is 4.04.